The van der Waals surface area contributed by atoms with E-state index in [9.17, 15) is 0 Å². The predicted molar refractivity (Wildman–Crippen MR) is 151 cm³/mol. The van der Waals surface area contributed by atoms with Crippen molar-refractivity contribution >= 4 is 33.3 Å². The van der Waals surface area contributed by atoms with Crippen LogP contribution in [0.15, 0.2) is 61.1 Å². The highest BCUT2D eigenvalue weighted by Crippen LogP contribution is 2.34. The molecule has 7 rings (SSSR count). The lowest BCUT2D eigenvalue weighted by molar-refractivity contribution is 0.237. The predicted octanol–water partition coefficient (Wildman–Crippen LogP) is 6.07. The number of benzene rings is 1. The Labute approximate surface area is 223 Å². The zero-order chi connectivity index (χ0) is 25.5. The standard InChI is InChI=1S/C29H27N7OS/c1-18-4-7-25(38-18)28-27-24(8-9-31-28)32-29(33-27)26-22-15-19(5-6-23(22)34-35-26)20-14-21(17-30-16-20)37-13-12-36-10-2-3-11-36/h4-9,14-17H,2-3,10-13H2,1H3,(H,32,33)(H,34,35). The number of aromatic amines is 2. The fourth-order valence-corrected chi connectivity index (χ4v) is 5.98. The summed E-state index contributed by atoms with van der Waals surface area (Å²) in [5, 5.41) is 8.76. The molecule has 5 aromatic heterocycles. The number of aryl methyl sites for hydroxylation is 1. The first-order valence-electron chi connectivity index (χ1n) is 12.9. The van der Waals surface area contributed by atoms with Crippen molar-refractivity contribution in [1.82, 2.24) is 35.0 Å². The molecule has 0 aliphatic carbocycles. The van der Waals surface area contributed by atoms with Gasteiger partial charge in [0.05, 0.1) is 22.1 Å². The average Bonchev–Trinajstić information content (AvgIpc) is 3.74. The monoisotopic (exact) mass is 521 g/mol. The molecule has 0 radical (unpaired) electrons. The third-order valence-corrected chi connectivity index (χ3v) is 8.09. The molecule has 1 fully saturated rings. The van der Waals surface area contributed by atoms with Gasteiger partial charge >= 0.3 is 0 Å². The van der Waals surface area contributed by atoms with Crippen molar-refractivity contribution in [2.75, 3.05) is 26.2 Å². The first-order chi connectivity index (χ1) is 18.7. The first kappa shape index (κ1) is 23.1. The molecule has 0 bridgehead atoms. The van der Waals surface area contributed by atoms with Crippen molar-refractivity contribution in [3.05, 3.63) is 65.9 Å². The number of nitrogens with zero attached hydrogens (tertiary/aromatic N) is 5. The number of thiophene rings is 1. The van der Waals surface area contributed by atoms with Crippen LogP contribution in [0.1, 0.15) is 17.7 Å². The molecule has 0 saturated carbocycles. The van der Waals surface area contributed by atoms with Gasteiger partial charge in [0.1, 0.15) is 29.3 Å². The maximum absolute atomic E-state index is 6.04. The summed E-state index contributed by atoms with van der Waals surface area (Å²) in [5.74, 6) is 1.50. The average molecular weight is 522 g/mol. The second-order valence-corrected chi connectivity index (χ2v) is 11.0. The van der Waals surface area contributed by atoms with E-state index in [1.165, 1.54) is 30.8 Å². The lowest BCUT2D eigenvalue weighted by Crippen LogP contribution is -2.25. The zero-order valence-corrected chi connectivity index (χ0v) is 21.9. The Hall–Kier alpha value is -4.08. The van der Waals surface area contributed by atoms with Gasteiger partial charge in [-0.05, 0) is 74.8 Å². The fraction of sp³-hybridized carbons (Fsp3) is 0.241. The highest BCUT2D eigenvalue weighted by Gasteiger charge is 2.17. The number of aromatic nitrogens is 6. The topological polar surface area (TPSA) is 95.6 Å². The summed E-state index contributed by atoms with van der Waals surface area (Å²) in [6, 6.07) is 14.5. The number of hydrogen-bond acceptors (Lipinski definition) is 7. The second-order valence-electron chi connectivity index (χ2n) is 9.69. The highest BCUT2D eigenvalue weighted by molar-refractivity contribution is 7.15. The van der Waals surface area contributed by atoms with Gasteiger partial charge in [0.25, 0.3) is 0 Å². The van der Waals surface area contributed by atoms with E-state index >= 15 is 0 Å². The number of likely N-dealkylation sites (tertiary alicyclic amines) is 1. The van der Waals surface area contributed by atoms with E-state index < -0.39 is 0 Å². The van der Waals surface area contributed by atoms with Gasteiger partial charge in [-0.15, -0.1) is 11.3 Å². The summed E-state index contributed by atoms with van der Waals surface area (Å²) in [6.45, 7) is 6.07. The summed E-state index contributed by atoms with van der Waals surface area (Å²) in [5.41, 5.74) is 6.44. The molecular weight excluding hydrogens is 494 g/mol. The number of ether oxygens (including phenoxy) is 1. The lowest BCUT2D eigenvalue weighted by Gasteiger charge is -2.15. The number of pyridine rings is 2. The summed E-state index contributed by atoms with van der Waals surface area (Å²) in [7, 11) is 0. The second kappa shape index (κ2) is 9.66. The molecule has 1 saturated heterocycles. The van der Waals surface area contributed by atoms with Crippen LogP contribution < -0.4 is 4.74 Å². The molecule has 0 atom stereocenters. The van der Waals surface area contributed by atoms with Crippen molar-refractivity contribution in [2.24, 2.45) is 0 Å². The van der Waals surface area contributed by atoms with Crippen LogP contribution in [-0.4, -0.2) is 61.3 Å². The Kier molecular flexibility index (Phi) is 5.87. The van der Waals surface area contributed by atoms with Gasteiger partial charge in [0.2, 0.25) is 0 Å². The fourth-order valence-electron chi connectivity index (χ4n) is 5.12. The van der Waals surface area contributed by atoms with Crippen LogP contribution in [0.2, 0.25) is 0 Å². The van der Waals surface area contributed by atoms with Crippen LogP contribution in [0.4, 0.5) is 0 Å². The Morgan fingerprint density at radius 2 is 1.89 bits per heavy atom. The molecule has 0 spiro atoms. The van der Waals surface area contributed by atoms with Gasteiger partial charge in [-0.25, -0.2) is 4.98 Å². The van der Waals surface area contributed by atoms with Crippen molar-refractivity contribution in [3.63, 3.8) is 0 Å². The minimum atomic E-state index is 0.671. The number of imidazole rings is 1. The van der Waals surface area contributed by atoms with E-state index in [0.29, 0.717) is 12.4 Å². The number of rotatable bonds is 7. The summed E-state index contributed by atoms with van der Waals surface area (Å²) < 4.78 is 6.04. The van der Waals surface area contributed by atoms with Crippen LogP contribution in [-0.2, 0) is 0 Å². The molecule has 38 heavy (non-hydrogen) atoms. The molecule has 190 valence electrons. The van der Waals surface area contributed by atoms with Gasteiger partial charge < -0.3 is 9.72 Å². The van der Waals surface area contributed by atoms with Crippen LogP contribution in [0.3, 0.4) is 0 Å². The zero-order valence-electron chi connectivity index (χ0n) is 21.1. The minimum Gasteiger partial charge on any atom is -0.491 e. The van der Waals surface area contributed by atoms with E-state index in [1.807, 2.05) is 24.5 Å². The van der Waals surface area contributed by atoms with E-state index in [4.69, 9.17) is 9.72 Å². The van der Waals surface area contributed by atoms with Gasteiger partial charge in [0, 0.05) is 34.8 Å². The summed E-state index contributed by atoms with van der Waals surface area (Å²) in [6.07, 6.45) is 8.05. The molecule has 2 N–H and O–H groups in total. The molecule has 6 heterocycles. The minimum absolute atomic E-state index is 0.671. The van der Waals surface area contributed by atoms with Crippen LogP contribution in [0.5, 0.6) is 5.75 Å². The molecule has 1 aromatic carbocycles. The van der Waals surface area contributed by atoms with Gasteiger partial charge in [-0.3, -0.25) is 20.0 Å². The van der Waals surface area contributed by atoms with Crippen molar-refractivity contribution < 1.29 is 4.74 Å². The largest absolute Gasteiger partial charge is 0.491 e. The number of hydrogen-bond donors (Lipinski definition) is 2. The Morgan fingerprint density at radius 1 is 0.974 bits per heavy atom. The number of nitrogens with one attached hydrogen (secondary N) is 2. The normalized spacial score (nSPS) is 14.1. The van der Waals surface area contributed by atoms with Crippen LogP contribution >= 0.6 is 11.3 Å². The maximum Gasteiger partial charge on any atom is 0.159 e. The molecule has 0 unspecified atom stereocenters. The molecule has 1 aliphatic heterocycles. The smallest absolute Gasteiger partial charge is 0.159 e. The Bertz CT molecular complexity index is 1740. The van der Waals surface area contributed by atoms with Gasteiger partial charge in [0.15, 0.2) is 5.82 Å². The third kappa shape index (κ3) is 4.33. The van der Waals surface area contributed by atoms with Gasteiger partial charge in [-0.2, -0.15) is 5.10 Å². The quantitative estimate of drug-likeness (QED) is 0.265. The number of fused-ring (bicyclic) bond motifs is 2. The van der Waals surface area contributed by atoms with Crippen molar-refractivity contribution in [3.8, 4) is 39.0 Å². The molecular formula is C29H27N7OS. The molecule has 6 aromatic rings. The third-order valence-electron chi connectivity index (χ3n) is 7.08. The van der Waals surface area contributed by atoms with Gasteiger partial charge in [-0.1, -0.05) is 6.07 Å². The lowest BCUT2D eigenvalue weighted by atomic mass is 10.0. The Balaban J connectivity index is 1.20. The van der Waals surface area contributed by atoms with Crippen LogP contribution in [0.25, 0.3) is 55.2 Å². The van der Waals surface area contributed by atoms with E-state index in [1.54, 1.807) is 17.5 Å². The van der Waals surface area contributed by atoms with E-state index in [2.05, 4.69) is 67.3 Å². The SMILES string of the molecule is Cc1ccc(-c2nccc3[nH]c(-c4n[nH]c5ccc(-c6cncc(OCCN7CCCC7)c6)cc45)nc23)s1. The molecule has 1 aliphatic rings. The number of H-pyrrole nitrogens is 2. The molecule has 8 nitrogen and oxygen atoms in total. The Morgan fingerprint density at radius 3 is 2.76 bits per heavy atom. The molecule has 0 amide bonds. The highest BCUT2D eigenvalue weighted by atomic mass is 32.1. The van der Waals surface area contributed by atoms with E-state index in [0.717, 1.165) is 61.6 Å². The van der Waals surface area contributed by atoms with Crippen LogP contribution in [0, 0.1) is 6.92 Å². The summed E-state index contributed by atoms with van der Waals surface area (Å²) >= 11 is 1.72. The maximum atomic E-state index is 6.04. The summed E-state index contributed by atoms with van der Waals surface area (Å²) in [4.78, 5) is 22.3. The first-order valence-corrected chi connectivity index (χ1v) is 13.7. The molecule has 9 heteroatoms. The van der Waals surface area contributed by atoms with Crippen molar-refractivity contribution in [1.29, 1.82) is 0 Å². The van der Waals surface area contributed by atoms with E-state index in [-0.39, 0.29) is 0 Å². The van der Waals surface area contributed by atoms with Crippen molar-refractivity contribution in [2.45, 2.75) is 19.8 Å².